The molecule has 2 fully saturated rings. The van der Waals surface area contributed by atoms with Crippen molar-refractivity contribution in [1.29, 1.82) is 0 Å². The number of nitrogens with zero attached hydrogens (tertiary/aromatic N) is 4. The van der Waals surface area contributed by atoms with Gasteiger partial charge in [0.1, 0.15) is 5.69 Å². The fraction of sp³-hybridized carbons (Fsp3) is 0.526. The van der Waals surface area contributed by atoms with Crippen molar-refractivity contribution in [3.05, 3.63) is 41.2 Å². The Morgan fingerprint density at radius 3 is 2.80 bits per heavy atom. The van der Waals surface area contributed by atoms with Crippen LogP contribution in [0, 0.1) is 11.3 Å². The summed E-state index contributed by atoms with van der Waals surface area (Å²) in [5.41, 5.74) is 1.58. The first kappa shape index (κ1) is 16.6. The normalized spacial score (nSPS) is 27.8. The molecule has 1 aromatic carbocycles. The smallest absolute Gasteiger partial charge is 0.223 e. The van der Waals surface area contributed by atoms with Gasteiger partial charge in [-0.15, -0.1) is 5.10 Å². The van der Waals surface area contributed by atoms with Crippen LogP contribution < -0.4 is 0 Å². The van der Waals surface area contributed by atoms with Crippen LogP contribution in [0.15, 0.2) is 30.5 Å². The molecule has 0 radical (unpaired) electrons. The van der Waals surface area contributed by atoms with E-state index in [1.54, 1.807) is 4.68 Å². The lowest BCUT2D eigenvalue weighted by Crippen LogP contribution is -2.60. The van der Waals surface area contributed by atoms with Crippen LogP contribution in [-0.2, 0) is 11.3 Å². The molecule has 0 unspecified atom stereocenters. The van der Waals surface area contributed by atoms with Crippen molar-refractivity contribution in [2.75, 3.05) is 0 Å². The molecule has 2 heterocycles. The predicted octanol–water partition coefficient (Wildman–Crippen LogP) is 3.85. The molecule has 1 aliphatic heterocycles. The predicted molar refractivity (Wildman–Crippen MR) is 96.4 cm³/mol. The van der Waals surface area contributed by atoms with E-state index in [0.29, 0.717) is 23.9 Å². The number of hydrogen-bond donors (Lipinski definition) is 0. The highest BCUT2D eigenvalue weighted by atomic mass is 35.5. The van der Waals surface area contributed by atoms with Crippen LogP contribution in [0.5, 0.6) is 0 Å². The Labute approximate surface area is 153 Å². The number of benzene rings is 1. The van der Waals surface area contributed by atoms with E-state index < -0.39 is 0 Å². The molecule has 1 saturated carbocycles. The topological polar surface area (TPSA) is 51.0 Å². The number of likely N-dealkylation sites (tertiary alicyclic amines) is 1. The zero-order chi connectivity index (χ0) is 17.8. The maximum absolute atomic E-state index is 12.7. The van der Waals surface area contributed by atoms with Crippen molar-refractivity contribution < 1.29 is 4.79 Å². The highest BCUT2D eigenvalue weighted by molar-refractivity contribution is 6.32. The summed E-state index contributed by atoms with van der Waals surface area (Å²) in [5.74, 6) is 0.719. The monoisotopic (exact) mass is 358 g/mol. The second-order valence-corrected chi connectivity index (χ2v) is 8.43. The molecule has 2 bridgehead atoms. The maximum Gasteiger partial charge on any atom is 0.223 e. The van der Waals surface area contributed by atoms with E-state index >= 15 is 0 Å². The zero-order valence-electron chi connectivity index (χ0n) is 14.9. The van der Waals surface area contributed by atoms with Crippen LogP contribution in [-0.4, -0.2) is 31.3 Å². The summed E-state index contributed by atoms with van der Waals surface area (Å²) in [6.45, 7) is 7.31. The first-order valence-corrected chi connectivity index (χ1v) is 9.17. The van der Waals surface area contributed by atoms with Crippen molar-refractivity contribution in [3.8, 4) is 5.69 Å². The summed E-state index contributed by atoms with van der Waals surface area (Å²) in [6.07, 6.45) is 4.68. The number of carbonyl (C=O) groups is 1. The number of amides is 1. The van der Waals surface area contributed by atoms with Gasteiger partial charge in [-0.2, -0.15) is 0 Å². The molecule has 2 aliphatic rings. The van der Waals surface area contributed by atoms with Crippen LogP contribution >= 0.6 is 11.6 Å². The van der Waals surface area contributed by atoms with Gasteiger partial charge in [-0.3, -0.25) is 4.79 Å². The van der Waals surface area contributed by atoms with E-state index in [-0.39, 0.29) is 16.9 Å². The largest absolute Gasteiger partial charge is 0.331 e. The van der Waals surface area contributed by atoms with Gasteiger partial charge in [0.25, 0.3) is 0 Å². The minimum atomic E-state index is -0.124. The SMILES string of the molecule is CC1(C)[C@H]2CC[C@]1(C)N(Cc1cn(-c3ccccc3Cl)nn1)C(=O)C2. The average Bonchev–Trinajstić information content (AvgIpc) is 3.07. The number of para-hydroxylation sites is 1. The summed E-state index contributed by atoms with van der Waals surface area (Å²) < 4.78 is 1.68. The second-order valence-electron chi connectivity index (χ2n) is 8.02. The molecule has 0 N–H and O–H groups in total. The van der Waals surface area contributed by atoms with Crippen LogP contribution in [0.25, 0.3) is 5.69 Å². The molecule has 6 heteroatoms. The average molecular weight is 359 g/mol. The Hall–Kier alpha value is -1.88. The van der Waals surface area contributed by atoms with Gasteiger partial charge >= 0.3 is 0 Å². The van der Waals surface area contributed by atoms with Gasteiger partial charge in [-0.1, -0.05) is 42.8 Å². The quantitative estimate of drug-likeness (QED) is 0.837. The van der Waals surface area contributed by atoms with Gasteiger partial charge < -0.3 is 4.90 Å². The second kappa shape index (κ2) is 5.56. The molecule has 5 nitrogen and oxygen atoms in total. The number of hydrogen-bond acceptors (Lipinski definition) is 3. The zero-order valence-corrected chi connectivity index (χ0v) is 15.6. The molecule has 1 amide bonds. The van der Waals surface area contributed by atoms with Gasteiger partial charge in [-0.05, 0) is 43.2 Å². The fourth-order valence-corrected chi connectivity index (χ4v) is 4.79. The summed E-state index contributed by atoms with van der Waals surface area (Å²) >= 11 is 6.24. The van der Waals surface area contributed by atoms with Gasteiger partial charge in [-0.25, -0.2) is 4.68 Å². The first-order valence-electron chi connectivity index (χ1n) is 8.79. The van der Waals surface area contributed by atoms with Crippen LogP contribution in [0.3, 0.4) is 0 Å². The van der Waals surface area contributed by atoms with Crippen molar-refractivity contribution in [2.45, 2.75) is 52.1 Å². The Morgan fingerprint density at radius 1 is 1.28 bits per heavy atom. The molecule has 1 saturated heterocycles. The Balaban J connectivity index is 1.62. The van der Waals surface area contributed by atoms with Crippen LogP contribution in [0.4, 0.5) is 0 Å². The highest BCUT2D eigenvalue weighted by Gasteiger charge is 2.59. The molecular formula is C19H23ClN4O. The molecule has 1 aromatic heterocycles. The van der Waals surface area contributed by atoms with Crippen molar-refractivity contribution >= 4 is 17.5 Å². The Bertz CT molecular complexity index is 830. The number of halogens is 1. The van der Waals surface area contributed by atoms with Crippen molar-refractivity contribution in [2.24, 2.45) is 11.3 Å². The summed E-state index contributed by atoms with van der Waals surface area (Å²) in [4.78, 5) is 14.8. The lowest BCUT2D eigenvalue weighted by atomic mass is 9.66. The number of carbonyl (C=O) groups excluding carboxylic acids is 1. The number of piperidine rings is 1. The molecule has 0 spiro atoms. The fourth-order valence-electron chi connectivity index (χ4n) is 4.57. The van der Waals surface area contributed by atoms with E-state index in [0.717, 1.165) is 24.2 Å². The minimum absolute atomic E-state index is 0.124. The third kappa shape index (κ3) is 2.40. The highest BCUT2D eigenvalue weighted by Crippen LogP contribution is 2.57. The van der Waals surface area contributed by atoms with Crippen LogP contribution in [0.2, 0.25) is 5.02 Å². The van der Waals surface area contributed by atoms with E-state index in [1.165, 1.54) is 0 Å². The molecule has 2 aromatic rings. The number of fused-ring (bicyclic) bond motifs is 2. The molecule has 25 heavy (non-hydrogen) atoms. The molecular weight excluding hydrogens is 336 g/mol. The Morgan fingerprint density at radius 2 is 2.04 bits per heavy atom. The van der Waals surface area contributed by atoms with Gasteiger partial charge in [0.15, 0.2) is 0 Å². The molecule has 4 rings (SSSR count). The number of rotatable bonds is 3. The van der Waals surface area contributed by atoms with Gasteiger partial charge in [0.2, 0.25) is 5.91 Å². The third-order valence-corrected chi connectivity index (χ3v) is 6.99. The van der Waals surface area contributed by atoms with E-state index in [2.05, 4.69) is 31.1 Å². The summed E-state index contributed by atoms with van der Waals surface area (Å²) in [5, 5.41) is 9.11. The standard InChI is InChI=1S/C19H23ClN4O/c1-18(2)13-8-9-19(18,3)23(17(25)10-13)11-14-12-24(22-21-14)16-7-5-4-6-15(16)20/h4-7,12-13H,8-11H2,1-3H3/t13-,19-/m0/s1. The first-order chi connectivity index (χ1) is 11.8. The maximum atomic E-state index is 12.7. The molecule has 1 aliphatic carbocycles. The van der Waals surface area contributed by atoms with E-state index in [9.17, 15) is 4.79 Å². The van der Waals surface area contributed by atoms with Crippen molar-refractivity contribution in [3.63, 3.8) is 0 Å². The summed E-state index contributed by atoms with van der Waals surface area (Å²) in [6, 6.07) is 7.53. The minimum Gasteiger partial charge on any atom is -0.331 e. The lowest BCUT2D eigenvalue weighted by molar-refractivity contribution is -0.152. The van der Waals surface area contributed by atoms with E-state index in [1.807, 2.05) is 35.4 Å². The third-order valence-electron chi connectivity index (χ3n) is 6.67. The number of aromatic nitrogens is 3. The molecule has 132 valence electrons. The van der Waals surface area contributed by atoms with E-state index in [4.69, 9.17) is 11.6 Å². The Kier molecular flexibility index (Phi) is 3.69. The lowest BCUT2D eigenvalue weighted by Gasteiger charge is -2.52. The molecule has 2 atom stereocenters. The van der Waals surface area contributed by atoms with Gasteiger partial charge in [0.05, 0.1) is 23.5 Å². The van der Waals surface area contributed by atoms with Gasteiger partial charge in [0, 0.05) is 12.0 Å². The van der Waals surface area contributed by atoms with Crippen LogP contribution in [0.1, 0.15) is 45.7 Å². The van der Waals surface area contributed by atoms with Crippen molar-refractivity contribution in [1.82, 2.24) is 19.9 Å². The summed E-state index contributed by atoms with van der Waals surface area (Å²) in [7, 11) is 0.